The molecule has 96 valence electrons. The molecule has 6 heteroatoms. The van der Waals surface area contributed by atoms with Crippen molar-refractivity contribution in [2.24, 2.45) is 0 Å². The number of benzene rings is 1. The maximum Gasteiger partial charge on any atom is 0.141 e. The molecule has 0 radical (unpaired) electrons. The van der Waals surface area contributed by atoms with Crippen LogP contribution in [0.3, 0.4) is 0 Å². The number of halogens is 2. The highest BCUT2D eigenvalue weighted by atomic mass is 35.5. The molecule has 0 saturated carbocycles. The van der Waals surface area contributed by atoms with Gasteiger partial charge in [-0.2, -0.15) is 0 Å². The van der Waals surface area contributed by atoms with Crippen molar-refractivity contribution in [3.05, 3.63) is 66.0 Å². The average Bonchev–Trinajstić information content (AvgIpc) is 3.05. The zero-order valence-electron chi connectivity index (χ0n) is 9.87. The number of hydrogen-bond acceptors (Lipinski definition) is 2. The van der Waals surface area contributed by atoms with E-state index in [-0.39, 0.29) is 5.02 Å². The molecule has 3 rings (SSSR count). The van der Waals surface area contributed by atoms with Crippen molar-refractivity contribution in [3.63, 3.8) is 0 Å². The number of hydrogen-bond donors (Lipinski definition) is 0. The van der Waals surface area contributed by atoms with Gasteiger partial charge < -0.3 is 9.13 Å². The lowest BCUT2D eigenvalue weighted by atomic mass is 10.3. The van der Waals surface area contributed by atoms with Gasteiger partial charge in [-0.1, -0.05) is 11.6 Å². The Bertz CT molecular complexity index is 690. The van der Waals surface area contributed by atoms with Gasteiger partial charge in [0, 0.05) is 24.3 Å². The highest BCUT2D eigenvalue weighted by Crippen LogP contribution is 2.19. The molecule has 0 atom stereocenters. The van der Waals surface area contributed by atoms with Gasteiger partial charge in [0.2, 0.25) is 0 Å². The number of imidazole rings is 2. The topological polar surface area (TPSA) is 35.6 Å². The Balaban J connectivity index is 1.86. The Morgan fingerprint density at radius 3 is 2.89 bits per heavy atom. The first kappa shape index (κ1) is 11.9. The lowest BCUT2D eigenvalue weighted by molar-refractivity contribution is 0.628. The van der Waals surface area contributed by atoms with Crippen LogP contribution in [0.1, 0.15) is 5.69 Å². The summed E-state index contributed by atoms with van der Waals surface area (Å²) in [5.74, 6) is -0.427. The van der Waals surface area contributed by atoms with Crippen molar-refractivity contribution in [1.29, 1.82) is 0 Å². The third kappa shape index (κ3) is 2.51. The van der Waals surface area contributed by atoms with E-state index in [1.54, 1.807) is 35.6 Å². The summed E-state index contributed by atoms with van der Waals surface area (Å²) < 4.78 is 16.8. The highest BCUT2D eigenvalue weighted by molar-refractivity contribution is 6.30. The molecule has 0 aliphatic carbocycles. The zero-order chi connectivity index (χ0) is 13.2. The van der Waals surface area contributed by atoms with Crippen LogP contribution in [0.25, 0.3) is 5.69 Å². The predicted octanol–water partition coefficient (Wildman–Crippen LogP) is 2.91. The molecular weight excluding hydrogens is 267 g/mol. The molecule has 0 aliphatic rings. The first-order chi connectivity index (χ1) is 9.22. The summed E-state index contributed by atoms with van der Waals surface area (Å²) in [6.45, 7) is 0.641. The van der Waals surface area contributed by atoms with Gasteiger partial charge >= 0.3 is 0 Å². The molecule has 4 nitrogen and oxygen atoms in total. The van der Waals surface area contributed by atoms with Crippen LogP contribution in [0.5, 0.6) is 0 Å². The van der Waals surface area contributed by atoms with Gasteiger partial charge in [0.15, 0.2) is 0 Å². The molecule has 0 aliphatic heterocycles. The molecular formula is C13H10ClFN4. The molecule has 1 aromatic carbocycles. The average molecular weight is 277 g/mol. The number of nitrogens with zero attached hydrogens (tertiary/aromatic N) is 4. The Morgan fingerprint density at radius 2 is 2.16 bits per heavy atom. The van der Waals surface area contributed by atoms with Gasteiger partial charge in [-0.25, -0.2) is 14.4 Å². The second-order valence-electron chi connectivity index (χ2n) is 4.11. The van der Waals surface area contributed by atoms with Crippen LogP contribution in [0.4, 0.5) is 4.39 Å². The van der Waals surface area contributed by atoms with Crippen molar-refractivity contribution >= 4 is 11.6 Å². The van der Waals surface area contributed by atoms with Crippen molar-refractivity contribution in [1.82, 2.24) is 19.1 Å². The predicted molar refractivity (Wildman–Crippen MR) is 69.9 cm³/mol. The Morgan fingerprint density at radius 1 is 1.26 bits per heavy atom. The van der Waals surface area contributed by atoms with Crippen molar-refractivity contribution < 1.29 is 4.39 Å². The van der Waals surface area contributed by atoms with Crippen molar-refractivity contribution in [2.75, 3.05) is 0 Å². The summed E-state index contributed by atoms with van der Waals surface area (Å²) in [4.78, 5) is 8.27. The number of aromatic nitrogens is 4. The minimum absolute atomic E-state index is 0.0994. The second kappa shape index (κ2) is 4.85. The third-order valence-corrected chi connectivity index (χ3v) is 3.03. The van der Waals surface area contributed by atoms with E-state index in [1.807, 2.05) is 17.0 Å². The molecule has 2 heterocycles. The van der Waals surface area contributed by atoms with E-state index in [4.69, 9.17) is 11.6 Å². The van der Waals surface area contributed by atoms with Gasteiger partial charge in [-0.15, -0.1) is 0 Å². The van der Waals surface area contributed by atoms with Crippen LogP contribution < -0.4 is 0 Å². The Kier molecular flexibility index (Phi) is 3.05. The van der Waals surface area contributed by atoms with Gasteiger partial charge in [-0.3, -0.25) is 0 Å². The molecule has 19 heavy (non-hydrogen) atoms. The SMILES string of the molecule is Fc1ccc(-n2cnc(Cn3ccnc3)c2)cc1Cl. The normalized spacial score (nSPS) is 10.8. The summed E-state index contributed by atoms with van der Waals surface area (Å²) in [6.07, 6.45) is 8.87. The Hall–Kier alpha value is -2.14. The number of rotatable bonds is 3. The van der Waals surface area contributed by atoms with E-state index >= 15 is 0 Å². The summed E-state index contributed by atoms with van der Waals surface area (Å²) >= 11 is 5.76. The summed E-state index contributed by atoms with van der Waals surface area (Å²) in [7, 11) is 0. The van der Waals surface area contributed by atoms with Crippen LogP contribution in [-0.2, 0) is 6.54 Å². The quantitative estimate of drug-likeness (QED) is 0.737. The fourth-order valence-corrected chi connectivity index (χ4v) is 1.97. The van der Waals surface area contributed by atoms with E-state index in [0.717, 1.165) is 11.4 Å². The van der Waals surface area contributed by atoms with Crippen LogP contribution in [0, 0.1) is 5.82 Å². The van der Waals surface area contributed by atoms with Crippen LogP contribution in [-0.4, -0.2) is 19.1 Å². The van der Waals surface area contributed by atoms with Gasteiger partial charge in [-0.05, 0) is 18.2 Å². The molecule has 0 fully saturated rings. The largest absolute Gasteiger partial charge is 0.331 e. The fourth-order valence-electron chi connectivity index (χ4n) is 1.80. The third-order valence-electron chi connectivity index (χ3n) is 2.74. The maximum atomic E-state index is 13.1. The monoisotopic (exact) mass is 276 g/mol. The van der Waals surface area contributed by atoms with Crippen molar-refractivity contribution in [3.8, 4) is 5.69 Å². The van der Waals surface area contributed by atoms with Crippen LogP contribution >= 0.6 is 11.6 Å². The van der Waals surface area contributed by atoms with E-state index < -0.39 is 5.82 Å². The van der Waals surface area contributed by atoms with E-state index in [1.165, 1.54) is 6.07 Å². The molecule has 0 N–H and O–H groups in total. The molecule has 0 saturated heterocycles. The van der Waals surface area contributed by atoms with Gasteiger partial charge in [0.25, 0.3) is 0 Å². The van der Waals surface area contributed by atoms with E-state index in [0.29, 0.717) is 6.54 Å². The van der Waals surface area contributed by atoms with E-state index in [9.17, 15) is 4.39 Å². The maximum absolute atomic E-state index is 13.1. The second-order valence-corrected chi connectivity index (χ2v) is 4.51. The molecule has 0 spiro atoms. The van der Waals surface area contributed by atoms with Crippen LogP contribution in [0.2, 0.25) is 5.02 Å². The van der Waals surface area contributed by atoms with Gasteiger partial charge in [0.1, 0.15) is 5.82 Å². The molecule has 0 bridgehead atoms. The van der Waals surface area contributed by atoms with Gasteiger partial charge in [0.05, 0.1) is 29.9 Å². The first-order valence-corrected chi connectivity index (χ1v) is 6.04. The lowest BCUT2D eigenvalue weighted by Gasteiger charge is -2.02. The summed E-state index contributed by atoms with van der Waals surface area (Å²) in [5.41, 5.74) is 1.66. The smallest absolute Gasteiger partial charge is 0.141 e. The highest BCUT2D eigenvalue weighted by Gasteiger charge is 2.05. The minimum Gasteiger partial charge on any atom is -0.331 e. The standard InChI is InChI=1S/C13H10ClFN4/c14-12-5-11(1-2-13(12)15)19-7-10(17-9-19)6-18-4-3-16-8-18/h1-5,7-9H,6H2. The molecule has 0 unspecified atom stereocenters. The minimum atomic E-state index is -0.427. The molecule has 2 aromatic heterocycles. The molecule has 0 amide bonds. The Labute approximate surface area is 114 Å². The summed E-state index contributed by atoms with van der Waals surface area (Å²) in [5, 5.41) is 0.0994. The lowest BCUT2D eigenvalue weighted by Crippen LogP contribution is -1.96. The van der Waals surface area contributed by atoms with E-state index in [2.05, 4.69) is 9.97 Å². The molecule has 3 aromatic rings. The summed E-state index contributed by atoms with van der Waals surface area (Å²) in [6, 6.07) is 4.57. The first-order valence-electron chi connectivity index (χ1n) is 5.66. The van der Waals surface area contributed by atoms with Crippen LogP contribution in [0.15, 0.2) is 49.4 Å². The fraction of sp³-hybridized carbons (Fsp3) is 0.0769. The zero-order valence-corrected chi connectivity index (χ0v) is 10.6. The van der Waals surface area contributed by atoms with Crippen molar-refractivity contribution in [2.45, 2.75) is 6.54 Å².